The number of rotatable bonds is 6. The molecule has 1 saturated heterocycles. The minimum atomic E-state index is -3.88. The molecule has 1 atom stereocenters. The van der Waals surface area contributed by atoms with Crippen LogP contribution in [0.4, 0.5) is 4.39 Å². The van der Waals surface area contributed by atoms with E-state index in [4.69, 9.17) is 4.42 Å². The fourth-order valence-electron chi connectivity index (χ4n) is 3.47. The molecule has 3 aromatic rings. The van der Waals surface area contributed by atoms with Crippen LogP contribution in [0.2, 0.25) is 0 Å². The molecule has 30 heavy (non-hydrogen) atoms. The van der Waals surface area contributed by atoms with Crippen LogP contribution < -0.4 is 5.32 Å². The summed E-state index contributed by atoms with van der Waals surface area (Å²) < 4.78 is 46.5. The van der Waals surface area contributed by atoms with Gasteiger partial charge in [0.15, 0.2) is 5.76 Å². The zero-order chi connectivity index (χ0) is 21.1. The molecule has 1 aromatic carbocycles. The second-order valence-electron chi connectivity index (χ2n) is 7.10. The van der Waals surface area contributed by atoms with E-state index in [0.717, 1.165) is 0 Å². The number of amides is 1. The topological polar surface area (TPSA) is 108 Å². The van der Waals surface area contributed by atoms with Gasteiger partial charge >= 0.3 is 0 Å². The van der Waals surface area contributed by atoms with Crippen LogP contribution in [-0.4, -0.2) is 41.9 Å². The Morgan fingerprint density at radius 3 is 2.87 bits per heavy atom. The summed E-state index contributed by atoms with van der Waals surface area (Å²) in [7, 11) is -3.88. The highest BCUT2D eigenvalue weighted by atomic mass is 32.2. The van der Waals surface area contributed by atoms with Crippen LogP contribution in [0.5, 0.6) is 0 Å². The summed E-state index contributed by atoms with van der Waals surface area (Å²) >= 11 is 0. The third-order valence-corrected chi connectivity index (χ3v) is 6.85. The van der Waals surface area contributed by atoms with Crippen LogP contribution >= 0.6 is 0 Å². The Balaban J connectivity index is 1.42. The van der Waals surface area contributed by atoms with Crippen molar-refractivity contribution in [3.8, 4) is 11.5 Å². The molecular formula is C20H21FN4O4S. The highest BCUT2D eigenvalue weighted by Gasteiger charge is 2.35. The number of aromatic amines is 1. The van der Waals surface area contributed by atoms with Crippen LogP contribution in [0.15, 0.2) is 58.2 Å². The first kappa shape index (κ1) is 20.3. The fraction of sp³-hybridized carbons (Fsp3) is 0.300. The summed E-state index contributed by atoms with van der Waals surface area (Å²) in [6, 6.07) is 10.8. The van der Waals surface area contributed by atoms with E-state index in [2.05, 4.69) is 15.5 Å². The van der Waals surface area contributed by atoms with Crippen LogP contribution in [0, 0.1) is 11.7 Å². The van der Waals surface area contributed by atoms with Crippen molar-refractivity contribution in [2.75, 3.05) is 13.1 Å². The summed E-state index contributed by atoms with van der Waals surface area (Å²) in [6.45, 7) is 0.408. The van der Waals surface area contributed by atoms with Gasteiger partial charge in [0.2, 0.25) is 11.0 Å². The monoisotopic (exact) mass is 432 g/mol. The first-order chi connectivity index (χ1) is 14.4. The molecule has 0 aliphatic carbocycles. The molecule has 8 nitrogen and oxygen atoms in total. The van der Waals surface area contributed by atoms with Crippen molar-refractivity contribution in [3.05, 3.63) is 60.0 Å². The maximum absolute atomic E-state index is 13.7. The van der Waals surface area contributed by atoms with Crippen molar-refractivity contribution in [2.45, 2.75) is 24.5 Å². The molecule has 1 fully saturated rings. The number of aromatic nitrogens is 2. The number of carbonyl (C=O) groups is 1. The number of furan rings is 1. The fourth-order valence-corrected chi connectivity index (χ4v) is 4.90. The summed E-state index contributed by atoms with van der Waals surface area (Å²) in [5, 5.41) is 9.07. The molecule has 0 spiro atoms. The maximum Gasteiger partial charge on any atom is 0.276 e. The Hall–Kier alpha value is -2.98. The van der Waals surface area contributed by atoms with Gasteiger partial charge in [0.25, 0.3) is 10.0 Å². The van der Waals surface area contributed by atoms with E-state index in [1.165, 1.54) is 16.4 Å². The van der Waals surface area contributed by atoms with Crippen LogP contribution in [0.25, 0.3) is 11.5 Å². The predicted molar refractivity (Wildman–Crippen MR) is 106 cm³/mol. The van der Waals surface area contributed by atoms with Gasteiger partial charge in [0, 0.05) is 31.4 Å². The van der Waals surface area contributed by atoms with E-state index < -0.39 is 21.8 Å². The number of hydrogen-bond acceptors (Lipinski definition) is 5. The smallest absolute Gasteiger partial charge is 0.276 e. The lowest BCUT2D eigenvalue weighted by atomic mass is 9.98. The normalized spacial score (nSPS) is 17.7. The van der Waals surface area contributed by atoms with E-state index in [1.54, 1.807) is 36.5 Å². The van der Waals surface area contributed by atoms with Gasteiger partial charge in [0.1, 0.15) is 11.5 Å². The molecule has 0 saturated carbocycles. The second-order valence-corrected chi connectivity index (χ2v) is 8.97. The molecule has 2 N–H and O–H groups in total. The summed E-state index contributed by atoms with van der Waals surface area (Å²) in [4.78, 5) is 12.6. The number of hydrogen-bond donors (Lipinski definition) is 2. The van der Waals surface area contributed by atoms with E-state index in [-0.39, 0.29) is 24.1 Å². The molecule has 10 heteroatoms. The Labute approximate surface area is 173 Å². The SMILES string of the molecule is O=C(NCc1ccccc1F)[C@@H]1CCCN(S(=O)(=O)c2ccc(-c3ccn[nH]3)o2)C1. The molecule has 1 aliphatic rings. The van der Waals surface area contributed by atoms with Crippen molar-refractivity contribution in [1.82, 2.24) is 19.8 Å². The first-order valence-corrected chi connectivity index (χ1v) is 11.0. The van der Waals surface area contributed by atoms with E-state index in [1.807, 2.05) is 0 Å². The molecular weight excluding hydrogens is 411 g/mol. The summed E-state index contributed by atoms with van der Waals surface area (Å²) in [5.74, 6) is -0.836. The van der Waals surface area contributed by atoms with E-state index >= 15 is 0 Å². The average molecular weight is 432 g/mol. The Morgan fingerprint density at radius 1 is 1.27 bits per heavy atom. The number of H-pyrrole nitrogens is 1. The van der Waals surface area contributed by atoms with E-state index in [9.17, 15) is 17.6 Å². The molecule has 0 bridgehead atoms. The van der Waals surface area contributed by atoms with Gasteiger partial charge in [-0.15, -0.1) is 0 Å². The van der Waals surface area contributed by atoms with E-state index in [0.29, 0.717) is 36.4 Å². The third-order valence-electron chi connectivity index (χ3n) is 5.11. The minimum Gasteiger partial charge on any atom is -0.442 e. The number of nitrogens with one attached hydrogen (secondary N) is 2. The van der Waals surface area contributed by atoms with Crippen molar-refractivity contribution in [1.29, 1.82) is 0 Å². The average Bonchev–Trinajstić information content (AvgIpc) is 3.45. The van der Waals surface area contributed by atoms with Crippen LogP contribution in [0.1, 0.15) is 18.4 Å². The highest BCUT2D eigenvalue weighted by Crippen LogP contribution is 2.28. The van der Waals surface area contributed by atoms with Crippen molar-refractivity contribution in [3.63, 3.8) is 0 Å². The molecule has 4 rings (SSSR count). The predicted octanol–water partition coefficient (Wildman–Crippen LogP) is 2.53. The zero-order valence-corrected chi connectivity index (χ0v) is 16.9. The van der Waals surface area contributed by atoms with Crippen molar-refractivity contribution >= 4 is 15.9 Å². The Bertz CT molecular complexity index is 1130. The summed E-state index contributed by atoms with van der Waals surface area (Å²) in [6.07, 6.45) is 2.65. The number of carbonyl (C=O) groups excluding carboxylic acids is 1. The Kier molecular flexibility index (Phi) is 5.69. The largest absolute Gasteiger partial charge is 0.442 e. The number of benzene rings is 1. The van der Waals surface area contributed by atoms with Crippen molar-refractivity contribution < 1.29 is 22.0 Å². The highest BCUT2D eigenvalue weighted by molar-refractivity contribution is 7.89. The van der Waals surface area contributed by atoms with Gasteiger partial charge in [-0.1, -0.05) is 18.2 Å². The number of halogens is 1. The Morgan fingerprint density at radius 2 is 2.10 bits per heavy atom. The lowest BCUT2D eigenvalue weighted by molar-refractivity contribution is -0.126. The minimum absolute atomic E-state index is 0.0472. The molecule has 1 aliphatic heterocycles. The van der Waals surface area contributed by atoms with Gasteiger partial charge in [-0.3, -0.25) is 9.89 Å². The zero-order valence-electron chi connectivity index (χ0n) is 16.0. The van der Waals surface area contributed by atoms with Crippen molar-refractivity contribution in [2.24, 2.45) is 5.92 Å². The van der Waals surface area contributed by atoms with Gasteiger partial charge in [0.05, 0.1) is 5.92 Å². The number of nitrogens with zero attached hydrogens (tertiary/aromatic N) is 2. The van der Waals surface area contributed by atoms with Gasteiger partial charge in [-0.05, 0) is 37.1 Å². The van der Waals surface area contributed by atoms with Gasteiger partial charge in [-0.25, -0.2) is 12.8 Å². The van der Waals surface area contributed by atoms with Gasteiger partial charge in [-0.2, -0.15) is 9.40 Å². The molecule has 2 aromatic heterocycles. The first-order valence-electron chi connectivity index (χ1n) is 9.56. The third kappa shape index (κ3) is 4.14. The quantitative estimate of drug-likeness (QED) is 0.622. The lowest BCUT2D eigenvalue weighted by Crippen LogP contribution is -2.45. The lowest BCUT2D eigenvalue weighted by Gasteiger charge is -2.30. The molecule has 0 radical (unpaired) electrons. The summed E-state index contributed by atoms with van der Waals surface area (Å²) in [5.41, 5.74) is 0.952. The van der Waals surface area contributed by atoms with Crippen LogP contribution in [0.3, 0.4) is 0 Å². The molecule has 0 unspecified atom stereocenters. The molecule has 158 valence electrons. The molecule has 3 heterocycles. The molecule has 1 amide bonds. The van der Waals surface area contributed by atoms with Gasteiger partial charge < -0.3 is 9.73 Å². The number of piperidine rings is 1. The maximum atomic E-state index is 13.7. The second kappa shape index (κ2) is 8.41. The van der Waals surface area contributed by atoms with Crippen LogP contribution in [-0.2, 0) is 21.4 Å². The number of sulfonamides is 1. The standard InChI is InChI=1S/C20H21FN4O4S/c21-16-6-2-1-4-14(16)12-22-20(26)15-5-3-11-25(13-15)30(27,28)19-8-7-18(29-19)17-9-10-23-24-17/h1-2,4,6-10,15H,3,5,11-13H2,(H,22,26)(H,23,24)/t15-/m1/s1.